The third kappa shape index (κ3) is 7.83. The van der Waals surface area contributed by atoms with Gasteiger partial charge in [-0.3, -0.25) is 0 Å². The monoisotopic (exact) mass is 524 g/mol. The number of nitrogens with zero attached hydrogens (tertiary/aromatic N) is 2. The van der Waals surface area contributed by atoms with Crippen LogP contribution in [0.5, 0.6) is 0 Å². The number of guanidine groups is 1. The van der Waals surface area contributed by atoms with Crippen LogP contribution in [0.25, 0.3) is 11.5 Å². The number of halogens is 1. The zero-order chi connectivity index (χ0) is 20.3. The van der Waals surface area contributed by atoms with Crippen LogP contribution in [0.2, 0.25) is 0 Å². The summed E-state index contributed by atoms with van der Waals surface area (Å²) in [6, 6.07) is 11.9. The molecule has 0 aliphatic rings. The van der Waals surface area contributed by atoms with Crippen LogP contribution in [0.1, 0.15) is 30.4 Å². The van der Waals surface area contributed by atoms with Crippen LogP contribution in [0.4, 0.5) is 0 Å². The lowest BCUT2D eigenvalue weighted by Crippen LogP contribution is -2.38. The average molecular weight is 524 g/mol. The Labute approximate surface area is 194 Å². The standard InChI is InChI=1S/C22H28N4O3.HI/c1-3-23-22(24-11-5-12-27-16-20-6-4-13-28-20)25-14-19-15-29-21(26-19)18-9-7-17(2)8-10-18;/h4,6-10,13,15H,3,5,11-12,14,16H2,1-2H3,(H2,23,24,25);1H. The summed E-state index contributed by atoms with van der Waals surface area (Å²) >= 11 is 0. The van der Waals surface area contributed by atoms with Crippen LogP contribution in [0, 0.1) is 6.92 Å². The number of hydrogen-bond donors (Lipinski definition) is 2. The maximum absolute atomic E-state index is 5.59. The van der Waals surface area contributed by atoms with E-state index in [9.17, 15) is 0 Å². The maximum Gasteiger partial charge on any atom is 0.226 e. The first-order valence-electron chi connectivity index (χ1n) is 9.88. The first kappa shape index (κ1) is 23.9. The molecule has 162 valence electrons. The highest BCUT2D eigenvalue weighted by molar-refractivity contribution is 14.0. The topological polar surface area (TPSA) is 84.8 Å². The molecule has 7 nitrogen and oxygen atoms in total. The highest BCUT2D eigenvalue weighted by Crippen LogP contribution is 2.19. The third-order valence-corrected chi connectivity index (χ3v) is 4.18. The van der Waals surface area contributed by atoms with Gasteiger partial charge in [0.2, 0.25) is 5.89 Å². The Kier molecular flexibility index (Phi) is 10.4. The summed E-state index contributed by atoms with van der Waals surface area (Å²) in [5.74, 6) is 2.20. The molecule has 0 fully saturated rings. The number of ether oxygens (including phenoxy) is 1. The molecule has 8 heteroatoms. The number of oxazole rings is 1. The van der Waals surface area contributed by atoms with Crippen molar-refractivity contribution in [1.82, 2.24) is 15.6 Å². The van der Waals surface area contributed by atoms with Crippen molar-refractivity contribution < 1.29 is 13.6 Å². The normalized spacial score (nSPS) is 11.2. The number of furan rings is 1. The van der Waals surface area contributed by atoms with Gasteiger partial charge in [-0.25, -0.2) is 9.98 Å². The number of hydrogen-bond acceptors (Lipinski definition) is 5. The van der Waals surface area contributed by atoms with Crippen LogP contribution in [-0.4, -0.2) is 30.6 Å². The highest BCUT2D eigenvalue weighted by Gasteiger charge is 2.07. The molecule has 1 aromatic carbocycles. The van der Waals surface area contributed by atoms with Crippen LogP contribution in [-0.2, 0) is 17.9 Å². The van der Waals surface area contributed by atoms with E-state index in [-0.39, 0.29) is 24.0 Å². The molecule has 0 spiro atoms. The van der Waals surface area contributed by atoms with Crippen LogP contribution < -0.4 is 10.6 Å². The average Bonchev–Trinajstić information content (AvgIpc) is 3.41. The first-order valence-corrected chi connectivity index (χ1v) is 9.88. The van der Waals surface area contributed by atoms with Crippen LogP contribution in [0.3, 0.4) is 0 Å². The van der Waals surface area contributed by atoms with Gasteiger partial charge in [0.25, 0.3) is 0 Å². The minimum Gasteiger partial charge on any atom is -0.467 e. The smallest absolute Gasteiger partial charge is 0.226 e. The lowest BCUT2D eigenvalue weighted by molar-refractivity contribution is 0.105. The van der Waals surface area contributed by atoms with E-state index in [4.69, 9.17) is 13.6 Å². The Morgan fingerprint density at radius 1 is 1.13 bits per heavy atom. The molecule has 0 radical (unpaired) electrons. The molecule has 0 bridgehead atoms. The van der Waals surface area contributed by atoms with Crippen LogP contribution >= 0.6 is 24.0 Å². The van der Waals surface area contributed by atoms with E-state index in [2.05, 4.69) is 27.5 Å². The number of nitrogens with one attached hydrogen (secondary N) is 2. The van der Waals surface area contributed by atoms with Gasteiger partial charge in [0.05, 0.1) is 12.8 Å². The summed E-state index contributed by atoms with van der Waals surface area (Å²) in [7, 11) is 0. The molecule has 2 heterocycles. The van der Waals surface area contributed by atoms with Crippen molar-refractivity contribution in [3.63, 3.8) is 0 Å². The summed E-state index contributed by atoms with van der Waals surface area (Å²) in [5, 5.41) is 6.54. The summed E-state index contributed by atoms with van der Waals surface area (Å²) in [6.45, 7) is 7.23. The fraction of sp³-hybridized carbons (Fsp3) is 0.364. The molecule has 0 saturated heterocycles. The van der Waals surface area contributed by atoms with E-state index in [0.29, 0.717) is 25.6 Å². The molecular formula is C22H29IN4O3. The van der Waals surface area contributed by atoms with Gasteiger partial charge in [0.15, 0.2) is 5.96 Å². The first-order chi connectivity index (χ1) is 14.2. The van der Waals surface area contributed by atoms with Crippen molar-refractivity contribution in [2.24, 2.45) is 4.99 Å². The van der Waals surface area contributed by atoms with Crippen LogP contribution in [0.15, 0.2) is 62.8 Å². The van der Waals surface area contributed by atoms with E-state index in [0.717, 1.165) is 42.5 Å². The van der Waals surface area contributed by atoms with Gasteiger partial charge in [-0.05, 0) is 44.5 Å². The Hall–Kier alpha value is -2.33. The molecule has 0 saturated carbocycles. The summed E-state index contributed by atoms with van der Waals surface area (Å²) in [4.78, 5) is 9.11. The fourth-order valence-electron chi connectivity index (χ4n) is 2.66. The Bertz CT molecular complexity index is 876. The van der Waals surface area contributed by atoms with E-state index < -0.39 is 0 Å². The van der Waals surface area contributed by atoms with Gasteiger partial charge in [0.1, 0.15) is 24.3 Å². The van der Waals surface area contributed by atoms with Crippen molar-refractivity contribution in [3.8, 4) is 11.5 Å². The predicted octanol–water partition coefficient (Wildman–Crippen LogP) is 4.52. The summed E-state index contributed by atoms with van der Waals surface area (Å²) in [6.07, 6.45) is 4.18. The van der Waals surface area contributed by atoms with Gasteiger partial charge >= 0.3 is 0 Å². The molecule has 3 aromatic rings. The molecule has 3 rings (SSSR count). The van der Waals surface area contributed by atoms with Gasteiger partial charge in [-0.2, -0.15) is 0 Å². The van der Waals surface area contributed by atoms with Crippen molar-refractivity contribution in [1.29, 1.82) is 0 Å². The Morgan fingerprint density at radius 3 is 2.70 bits per heavy atom. The molecule has 2 aromatic heterocycles. The van der Waals surface area contributed by atoms with Crippen molar-refractivity contribution in [3.05, 3.63) is 65.9 Å². The van der Waals surface area contributed by atoms with E-state index >= 15 is 0 Å². The molecule has 30 heavy (non-hydrogen) atoms. The number of aromatic nitrogens is 1. The van der Waals surface area contributed by atoms with Gasteiger partial charge < -0.3 is 24.2 Å². The minimum atomic E-state index is 0. The van der Waals surface area contributed by atoms with E-state index in [1.165, 1.54) is 5.56 Å². The number of aliphatic imine (C=N–C) groups is 1. The summed E-state index contributed by atoms with van der Waals surface area (Å²) < 4.78 is 16.4. The van der Waals surface area contributed by atoms with Gasteiger partial charge in [-0.15, -0.1) is 24.0 Å². The Balaban J connectivity index is 0.00000320. The number of aryl methyl sites for hydroxylation is 1. The third-order valence-electron chi connectivity index (χ3n) is 4.18. The highest BCUT2D eigenvalue weighted by atomic mass is 127. The molecule has 0 aliphatic carbocycles. The molecule has 0 aliphatic heterocycles. The lowest BCUT2D eigenvalue weighted by atomic mass is 10.1. The maximum atomic E-state index is 5.59. The molecular weight excluding hydrogens is 495 g/mol. The summed E-state index contributed by atoms with van der Waals surface area (Å²) in [5.41, 5.74) is 2.96. The zero-order valence-corrected chi connectivity index (χ0v) is 19.7. The van der Waals surface area contributed by atoms with Crippen molar-refractivity contribution >= 4 is 29.9 Å². The van der Waals surface area contributed by atoms with Crippen molar-refractivity contribution in [2.75, 3.05) is 19.7 Å². The molecule has 0 atom stereocenters. The second kappa shape index (κ2) is 13.1. The minimum absolute atomic E-state index is 0. The predicted molar refractivity (Wildman–Crippen MR) is 128 cm³/mol. The van der Waals surface area contributed by atoms with Crippen molar-refractivity contribution in [2.45, 2.75) is 33.4 Å². The molecule has 0 amide bonds. The lowest BCUT2D eigenvalue weighted by Gasteiger charge is -2.10. The molecule has 0 unspecified atom stereocenters. The fourth-order valence-corrected chi connectivity index (χ4v) is 2.66. The zero-order valence-electron chi connectivity index (χ0n) is 17.4. The van der Waals surface area contributed by atoms with E-state index in [1.807, 2.05) is 43.3 Å². The van der Waals surface area contributed by atoms with Gasteiger partial charge in [0, 0.05) is 25.3 Å². The van der Waals surface area contributed by atoms with Gasteiger partial charge in [-0.1, -0.05) is 17.7 Å². The molecule has 2 N–H and O–H groups in total. The number of rotatable bonds is 10. The SMILES string of the molecule is CCNC(=NCc1coc(-c2ccc(C)cc2)n1)NCCCOCc1ccco1.I. The number of benzene rings is 1. The van der Waals surface area contributed by atoms with E-state index in [1.54, 1.807) is 12.5 Å². The Morgan fingerprint density at radius 2 is 1.97 bits per heavy atom. The second-order valence-corrected chi connectivity index (χ2v) is 6.62. The second-order valence-electron chi connectivity index (χ2n) is 6.62. The quantitative estimate of drug-likeness (QED) is 0.176. The largest absolute Gasteiger partial charge is 0.467 e.